The Balaban J connectivity index is 1.94. The zero-order valence-corrected chi connectivity index (χ0v) is 12.5. The number of amides is 1. The Morgan fingerprint density at radius 3 is 2.55 bits per heavy atom. The quantitative estimate of drug-likeness (QED) is 0.892. The minimum atomic E-state index is -0.0160. The second-order valence-electron chi connectivity index (χ2n) is 5.32. The minimum Gasteiger partial charge on any atom is -0.369 e. The van der Waals surface area contributed by atoms with E-state index in [1.165, 1.54) is 0 Å². The van der Waals surface area contributed by atoms with Gasteiger partial charge in [-0.3, -0.25) is 4.79 Å². The third kappa shape index (κ3) is 3.45. The summed E-state index contributed by atoms with van der Waals surface area (Å²) in [7, 11) is 4.18. The monoisotopic (exact) mass is 277 g/mol. The van der Waals surface area contributed by atoms with Gasteiger partial charge < -0.3 is 15.1 Å². The molecule has 0 aliphatic carbocycles. The topological polar surface area (TPSA) is 61.4 Å². The molecule has 6 nitrogen and oxygen atoms in total. The van der Waals surface area contributed by atoms with Crippen LogP contribution in [0.25, 0.3) is 0 Å². The summed E-state index contributed by atoms with van der Waals surface area (Å²) in [4.78, 5) is 16.4. The highest BCUT2D eigenvalue weighted by atomic mass is 16.2. The normalized spacial score (nSPS) is 16.5. The molecule has 0 radical (unpaired) electrons. The van der Waals surface area contributed by atoms with E-state index >= 15 is 0 Å². The van der Waals surface area contributed by atoms with E-state index in [1.807, 2.05) is 11.8 Å². The average molecular weight is 277 g/mol. The van der Waals surface area contributed by atoms with E-state index in [0.717, 1.165) is 32.5 Å². The van der Waals surface area contributed by atoms with Gasteiger partial charge in [0.2, 0.25) is 0 Å². The lowest BCUT2D eigenvalue weighted by Gasteiger charge is -2.34. The van der Waals surface area contributed by atoms with Crippen LogP contribution in [0.3, 0.4) is 0 Å². The molecule has 1 saturated heterocycles. The van der Waals surface area contributed by atoms with Crippen molar-refractivity contribution in [3.05, 3.63) is 17.8 Å². The maximum Gasteiger partial charge on any atom is 0.274 e. The van der Waals surface area contributed by atoms with Gasteiger partial charge in [-0.2, -0.15) is 0 Å². The number of carbonyl (C=O) groups excluding carboxylic acids is 1. The smallest absolute Gasteiger partial charge is 0.274 e. The first kappa shape index (κ1) is 14.7. The van der Waals surface area contributed by atoms with Gasteiger partial charge in [0.15, 0.2) is 5.69 Å². The van der Waals surface area contributed by atoms with Gasteiger partial charge in [0.05, 0.1) is 0 Å². The molecule has 0 bridgehead atoms. The van der Waals surface area contributed by atoms with Crippen molar-refractivity contribution in [1.82, 2.24) is 20.0 Å². The number of anilines is 1. The van der Waals surface area contributed by atoms with Gasteiger partial charge in [-0.1, -0.05) is 0 Å². The van der Waals surface area contributed by atoms with E-state index in [2.05, 4.69) is 34.5 Å². The molecule has 1 amide bonds. The van der Waals surface area contributed by atoms with Crippen LogP contribution in [0.5, 0.6) is 0 Å². The van der Waals surface area contributed by atoms with Crippen LogP contribution in [0.15, 0.2) is 12.1 Å². The standard InChI is InChI=1S/C14H23N5O/c1-4-15-13-6-5-12(16-17-13)14(20)19-9-7-11(8-10-19)18(2)3/h5-6,11H,4,7-10H2,1-3H3,(H,15,17). The third-order valence-electron chi connectivity index (χ3n) is 3.72. The average Bonchev–Trinajstić information content (AvgIpc) is 2.48. The van der Waals surface area contributed by atoms with Gasteiger partial charge in [-0.15, -0.1) is 10.2 Å². The lowest BCUT2D eigenvalue weighted by atomic mass is 10.0. The zero-order valence-electron chi connectivity index (χ0n) is 12.5. The van der Waals surface area contributed by atoms with Gasteiger partial charge in [0, 0.05) is 25.7 Å². The SMILES string of the molecule is CCNc1ccc(C(=O)N2CCC(N(C)C)CC2)nn1. The van der Waals surface area contributed by atoms with Crippen LogP contribution in [-0.2, 0) is 0 Å². The lowest BCUT2D eigenvalue weighted by molar-refractivity contribution is 0.0656. The summed E-state index contributed by atoms with van der Waals surface area (Å²) in [5, 5.41) is 11.1. The molecule has 0 aromatic carbocycles. The van der Waals surface area contributed by atoms with Gasteiger partial charge in [0.1, 0.15) is 5.82 Å². The predicted octanol–water partition coefficient (Wildman–Crippen LogP) is 1.07. The van der Waals surface area contributed by atoms with Gasteiger partial charge in [-0.25, -0.2) is 0 Å². The molecule has 1 aromatic rings. The van der Waals surface area contributed by atoms with E-state index in [4.69, 9.17) is 0 Å². The van der Waals surface area contributed by atoms with Gasteiger partial charge in [-0.05, 0) is 46.0 Å². The summed E-state index contributed by atoms with van der Waals surface area (Å²) in [6, 6.07) is 4.11. The first-order valence-electron chi connectivity index (χ1n) is 7.15. The summed E-state index contributed by atoms with van der Waals surface area (Å²) in [5.41, 5.74) is 0.426. The Labute approximate surface area is 120 Å². The summed E-state index contributed by atoms with van der Waals surface area (Å²) in [6.07, 6.45) is 2.03. The van der Waals surface area contributed by atoms with Crippen molar-refractivity contribution in [2.75, 3.05) is 39.0 Å². The van der Waals surface area contributed by atoms with Crippen LogP contribution >= 0.6 is 0 Å². The highest BCUT2D eigenvalue weighted by molar-refractivity contribution is 5.92. The molecule has 0 spiro atoms. The van der Waals surface area contributed by atoms with Crippen molar-refractivity contribution in [3.63, 3.8) is 0 Å². The number of hydrogen-bond donors (Lipinski definition) is 1. The zero-order chi connectivity index (χ0) is 14.5. The number of aromatic nitrogens is 2. The molecular weight excluding hydrogens is 254 g/mol. The third-order valence-corrected chi connectivity index (χ3v) is 3.72. The van der Waals surface area contributed by atoms with Crippen LogP contribution < -0.4 is 5.32 Å². The number of hydrogen-bond acceptors (Lipinski definition) is 5. The molecule has 1 aliphatic heterocycles. The second-order valence-corrected chi connectivity index (χ2v) is 5.32. The highest BCUT2D eigenvalue weighted by Gasteiger charge is 2.25. The van der Waals surface area contributed by atoms with Crippen molar-refractivity contribution in [1.29, 1.82) is 0 Å². The summed E-state index contributed by atoms with van der Waals surface area (Å²) >= 11 is 0. The van der Waals surface area contributed by atoms with Gasteiger partial charge in [0.25, 0.3) is 5.91 Å². The molecule has 0 atom stereocenters. The Hall–Kier alpha value is -1.69. The molecule has 0 saturated carbocycles. The number of carbonyl (C=O) groups is 1. The van der Waals surface area contributed by atoms with E-state index in [9.17, 15) is 4.79 Å². The molecule has 6 heteroatoms. The number of piperidine rings is 1. The second kappa shape index (κ2) is 6.65. The van der Waals surface area contributed by atoms with Crippen molar-refractivity contribution < 1.29 is 4.79 Å². The van der Waals surface area contributed by atoms with E-state index in [-0.39, 0.29) is 5.91 Å². The molecule has 20 heavy (non-hydrogen) atoms. The summed E-state index contributed by atoms with van der Waals surface area (Å²) in [5.74, 6) is 0.688. The van der Waals surface area contributed by atoms with Crippen molar-refractivity contribution in [2.45, 2.75) is 25.8 Å². The Kier molecular flexibility index (Phi) is 4.89. The van der Waals surface area contributed by atoms with E-state index < -0.39 is 0 Å². The largest absolute Gasteiger partial charge is 0.369 e. The molecule has 0 unspecified atom stereocenters. The van der Waals surface area contributed by atoms with Crippen LogP contribution in [0.1, 0.15) is 30.3 Å². The number of likely N-dealkylation sites (tertiary alicyclic amines) is 1. The highest BCUT2D eigenvalue weighted by Crippen LogP contribution is 2.16. The maximum atomic E-state index is 12.3. The maximum absolute atomic E-state index is 12.3. The number of rotatable bonds is 4. The molecule has 1 aromatic heterocycles. The lowest BCUT2D eigenvalue weighted by Crippen LogP contribution is -2.44. The Morgan fingerprint density at radius 2 is 2.05 bits per heavy atom. The summed E-state index contributed by atoms with van der Waals surface area (Å²) < 4.78 is 0. The summed E-state index contributed by atoms with van der Waals surface area (Å²) in [6.45, 7) is 4.37. The fraction of sp³-hybridized carbons (Fsp3) is 0.643. The Morgan fingerprint density at radius 1 is 1.35 bits per heavy atom. The number of nitrogens with zero attached hydrogens (tertiary/aromatic N) is 4. The Bertz CT molecular complexity index is 437. The molecule has 1 fully saturated rings. The first-order chi connectivity index (χ1) is 9.61. The molecule has 110 valence electrons. The van der Waals surface area contributed by atoms with Crippen LogP contribution in [0, 0.1) is 0 Å². The molecule has 2 heterocycles. The molecule has 1 aliphatic rings. The van der Waals surface area contributed by atoms with Crippen LogP contribution in [0.4, 0.5) is 5.82 Å². The van der Waals surface area contributed by atoms with E-state index in [1.54, 1.807) is 12.1 Å². The van der Waals surface area contributed by atoms with E-state index in [0.29, 0.717) is 17.6 Å². The predicted molar refractivity (Wildman–Crippen MR) is 78.8 cm³/mol. The number of nitrogens with one attached hydrogen (secondary N) is 1. The van der Waals surface area contributed by atoms with Gasteiger partial charge >= 0.3 is 0 Å². The fourth-order valence-electron chi connectivity index (χ4n) is 2.47. The van der Waals surface area contributed by atoms with Crippen molar-refractivity contribution in [3.8, 4) is 0 Å². The first-order valence-corrected chi connectivity index (χ1v) is 7.15. The molecular formula is C14H23N5O. The molecule has 1 N–H and O–H groups in total. The van der Waals surface area contributed by atoms with Crippen molar-refractivity contribution >= 4 is 11.7 Å². The van der Waals surface area contributed by atoms with Crippen LogP contribution in [0.2, 0.25) is 0 Å². The van der Waals surface area contributed by atoms with Crippen molar-refractivity contribution in [2.24, 2.45) is 0 Å². The minimum absolute atomic E-state index is 0.0160. The molecule has 2 rings (SSSR count). The van der Waals surface area contributed by atoms with Crippen LogP contribution in [-0.4, -0.2) is 65.7 Å². The fourth-order valence-corrected chi connectivity index (χ4v) is 2.47.